The Morgan fingerprint density at radius 2 is 1.89 bits per heavy atom. The molecule has 3 heterocycles. The second kappa shape index (κ2) is 16.1. The first-order valence-electron chi connectivity index (χ1n) is 20.7. The summed E-state index contributed by atoms with van der Waals surface area (Å²) in [5.41, 5.74) is 4.57. The van der Waals surface area contributed by atoms with Gasteiger partial charge in [-0.25, -0.2) is 4.79 Å². The molecule has 1 spiro atoms. The number of halogens is 1. The SMILES string of the molecule is COC[C@@H]1CCN(CC2COc3cc4c(cc3OC2)C2(CCC(Nc3cccc(Cl)c3)(C(=O)O)CC2)[C@@H](C[C@@H](C)COc2ccnc3c2[C@H](C)CCC3)C4)C1. The zero-order valence-corrected chi connectivity index (χ0v) is 33.5. The highest BCUT2D eigenvalue weighted by atomic mass is 35.5. The number of ether oxygens (including phenoxy) is 4. The summed E-state index contributed by atoms with van der Waals surface area (Å²) in [4.78, 5) is 20.3. The van der Waals surface area contributed by atoms with Gasteiger partial charge in [-0.3, -0.25) is 4.98 Å². The summed E-state index contributed by atoms with van der Waals surface area (Å²) in [6, 6.07) is 13.9. The monoisotopic (exact) mass is 771 g/mol. The Bertz CT molecular complexity index is 1840. The summed E-state index contributed by atoms with van der Waals surface area (Å²) in [5.74, 6) is 3.79. The third kappa shape index (κ3) is 7.91. The van der Waals surface area contributed by atoms with Gasteiger partial charge >= 0.3 is 5.97 Å². The predicted molar refractivity (Wildman–Crippen MR) is 215 cm³/mol. The van der Waals surface area contributed by atoms with Gasteiger partial charge in [0.05, 0.1) is 26.4 Å². The Morgan fingerprint density at radius 1 is 1.09 bits per heavy atom. The van der Waals surface area contributed by atoms with Gasteiger partial charge in [-0.15, -0.1) is 0 Å². The molecule has 1 saturated heterocycles. The van der Waals surface area contributed by atoms with E-state index in [1.54, 1.807) is 7.11 Å². The summed E-state index contributed by atoms with van der Waals surface area (Å²) >= 11 is 6.32. The maximum Gasteiger partial charge on any atom is 0.329 e. The van der Waals surface area contributed by atoms with E-state index in [4.69, 9.17) is 30.5 Å². The van der Waals surface area contributed by atoms with Gasteiger partial charge < -0.3 is 34.3 Å². The molecule has 9 nitrogen and oxygen atoms in total. The van der Waals surface area contributed by atoms with E-state index in [0.717, 1.165) is 81.3 Å². The van der Waals surface area contributed by atoms with Gasteiger partial charge in [-0.05, 0) is 147 Å². The Kier molecular flexibility index (Phi) is 11.3. The average Bonchev–Trinajstić information content (AvgIpc) is 3.66. The summed E-state index contributed by atoms with van der Waals surface area (Å²) in [6.07, 6.45) is 10.9. The molecule has 2 fully saturated rings. The van der Waals surface area contributed by atoms with Crippen LogP contribution in [-0.4, -0.2) is 79.7 Å². The minimum absolute atomic E-state index is 0.182. The molecule has 3 aromatic rings. The highest BCUT2D eigenvalue weighted by Gasteiger charge is 2.54. The van der Waals surface area contributed by atoms with Crippen LogP contribution in [0.25, 0.3) is 0 Å². The standard InChI is InChI=1S/C45H58ClN3O6/c1-29(25-53-39-10-16-47-38-9-4-6-30(2)42(38)39)18-34-19-33-20-40-41(55-28-32(27-54-40)24-49-17-11-31(23-49)26-52-3)22-37(33)44(34)12-14-45(15-13-44,43(50)51)48-36-8-5-7-35(46)21-36/h5,7-8,10,16,20-22,29-32,34,48H,4,6,9,11-15,17-19,23-28H2,1-3H3,(H,50,51)/t29-,30-,31-,32?,34+,44?,45?/m1/s1. The predicted octanol–water partition coefficient (Wildman–Crippen LogP) is 8.56. The number of nitrogens with one attached hydrogen (secondary N) is 1. The molecular formula is C45H58ClN3O6. The molecule has 0 amide bonds. The van der Waals surface area contributed by atoms with Crippen LogP contribution in [0.1, 0.15) is 93.5 Å². The van der Waals surface area contributed by atoms with E-state index in [0.29, 0.717) is 61.4 Å². The molecule has 2 aromatic carbocycles. The van der Waals surface area contributed by atoms with Gasteiger partial charge in [0.15, 0.2) is 11.5 Å². The molecule has 8 rings (SSSR count). The van der Waals surface area contributed by atoms with Crippen molar-refractivity contribution in [2.75, 3.05) is 58.5 Å². The Balaban J connectivity index is 1.02. The number of aromatic nitrogens is 1. The first kappa shape index (κ1) is 38.3. The van der Waals surface area contributed by atoms with Gasteiger partial charge in [0.2, 0.25) is 0 Å². The molecule has 1 aromatic heterocycles. The quantitative estimate of drug-likeness (QED) is 0.188. The van der Waals surface area contributed by atoms with Crippen LogP contribution in [0.2, 0.25) is 5.02 Å². The third-order valence-corrected chi connectivity index (χ3v) is 13.8. The second-order valence-electron chi connectivity index (χ2n) is 17.5. The summed E-state index contributed by atoms with van der Waals surface area (Å²) in [7, 11) is 1.79. The molecule has 1 saturated carbocycles. The number of rotatable bonds is 12. The van der Waals surface area contributed by atoms with Crippen molar-refractivity contribution in [1.82, 2.24) is 9.88 Å². The number of benzene rings is 2. The summed E-state index contributed by atoms with van der Waals surface area (Å²) < 4.78 is 25.2. The van der Waals surface area contributed by atoms with Crippen LogP contribution in [0.15, 0.2) is 48.7 Å². The van der Waals surface area contributed by atoms with Gasteiger partial charge in [0.25, 0.3) is 0 Å². The molecule has 2 aliphatic heterocycles. The number of hydrogen-bond acceptors (Lipinski definition) is 8. The van der Waals surface area contributed by atoms with E-state index in [-0.39, 0.29) is 11.3 Å². The molecule has 2 N–H and O–H groups in total. The van der Waals surface area contributed by atoms with Crippen LogP contribution in [0, 0.1) is 23.7 Å². The maximum absolute atomic E-state index is 13.1. The first-order chi connectivity index (χ1) is 26.6. The minimum atomic E-state index is -1.08. The number of aryl methyl sites for hydroxylation is 1. The van der Waals surface area contributed by atoms with Gasteiger partial charge in [0, 0.05) is 54.3 Å². The number of anilines is 1. The van der Waals surface area contributed by atoms with Crippen molar-refractivity contribution in [2.24, 2.45) is 23.7 Å². The third-order valence-electron chi connectivity index (χ3n) is 13.6. The molecule has 296 valence electrons. The fourth-order valence-electron chi connectivity index (χ4n) is 10.7. The Hall–Kier alpha value is -3.53. The number of fused-ring (bicyclic) bond motifs is 4. The fraction of sp³-hybridized carbons (Fsp3) is 0.600. The number of hydrogen-bond donors (Lipinski definition) is 2. The number of nitrogens with zero attached hydrogens (tertiary/aromatic N) is 2. The van der Waals surface area contributed by atoms with Gasteiger partial charge in [-0.2, -0.15) is 0 Å². The number of aliphatic carboxylic acids is 1. The minimum Gasteiger partial charge on any atom is -0.493 e. The normalized spacial score (nSPS) is 29.3. The molecule has 0 radical (unpaired) electrons. The molecule has 3 aliphatic carbocycles. The van der Waals surface area contributed by atoms with Crippen LogP contribution >= 0.6 is 11.6 Å². The largest absolute Gasteiger partial charge is 0.493 e. The van der Waals surface area contributed by atoms with Crippen LogP contribution < -0.4 is 19.5 Å². The van der Waals surface area contributed by atoms with Crippen molar-refractivity contribution >= 4 is 23.3 Å². The number of likely N-dealkylation sites (tertiary alicyclic amines) is 1. The second-order valence-corrected chi connectivity index (χ2v) is 17.9. The number of carbonyl (C=O) groups is 1. The van der Waals surface area contributed by atoms with Crippen LogP contribution in [-0.2, 0) is 27.8 Å². The number of methoxy groups -OCH3 is 1. The van der Waals surface area contributed by atoms with Crippen molar-refractivity contribution in [3.63, 3.8) is 0 Å². The van der Waals surface area contributed by atoms with Gasteiger partial charge in [-0.1, -0.05) is 31.5 Å². The molecule has 55 heavy (non-hydrogen) atoms. The Labute approximate surface area is 331 Å². The molecule has 5 aliphatic rings. The molecule has 0 bridgehead atoms. The molecule has 1 unspecified atom stereocenters. The van der Waals surface area contributed by atoms with Crippen molar-refractivity contribution in [3.8, 4) is 17.2 Å². The van der Waals surface area contributed by atoms with Gasteiger partial charge in [0.1, 0.15) is 11.3 Å². The number of carboxylic acid groups (broad SMARTS) is 1. The number of carboxylic acids is 1. The van der Waals surface area contributed by atoms with Crippen LogP contribution in [0.3, 0.4) is 0 Å². The zero-order chi connectivity index (χ0) is 38.2. The fourth-order valence-corrected chi connectivity index (χ4v) is 10.9. The lowest BCUT2D eigenvalue weighted by Gasteiger charge is -2.47. The van der Waals surface area contributed by atoms with E-state index < -0.39 is 11.5 Å². The summed E-state index contributed by atoms with van der Waals surface area (Å²) in [5, 5.41) is 14.7. The van der Waals surface area contributed by atoms with Crippen molar-refractivity contribution < 1.29 is 28.8 Å². The average molecular weight is 772 g/mol. The Morgan fingerprint density at radius 3 is 2.65 bits per heavy atom. The van der Waals surface area contributed by atoms with Crippen molar-refractivity contribution in [3.05, 3.63) is 76.1 Å². The highest BCUT2D eigenvalue weighted by Crippen LogP contribution is 2.58. The van der Waals surface area contributed by atoms with Crippen molar-refractivity contribution in [2.45, 2.75) is 94.9 Å². The molecular weight excluding hydrogens is 714 g/mol. The molecule has 10 heteroatoms. The lowest BCUT2D eigenvalue weighted by atomic mass is 9.59. The summed E-state index contributed by atoms with van der Waals surface area (Å²) in [6.45, 7) is 10.4. The smallest absolute Gasteiger partial charge is 0.329 e. The van der Waals surface area contributed by atoms with E-state index in [1.165, 1.54) is 41.6 Å². The highest BCUT2D eigenvalue weighted by molar-refractivity contribution is 6.30. The maximum atomic E-state index is 13.1. The van der Waals surface area contributed by atoms with Crippen molar-refractivity contribution in [1.29, 1.82) is 0 Å². The van der Waals surface area contributed by atoms with Crippen LogP contribution in [0.4, 0.5) is 5.69 Å². The van der Waals surface area contributed by atoms with E-state index in [2.05, 4.69) is 41.2 Å². The van der Waals surface area contributed by atoms with E-state index in [9.17, 15) is 9.90 Å². The zero-order valence-electron chi connectivity index (χ0n) is 32.8. The lowest BCUT2D eigenvalue weighted by Crippen LogP contribution is -2.53. The van der Waals surface area contributed by atoms with E-state index >= 15 is 0 Å². The lowest BCUT2D eigenvalue weighted by molar-refractivity contribution is -0.144. The topological polar surface area (TPSA) is 102 Å². The molecule has 5 atom stereocenters. The van der Waals surface area contributed by atoms with Crippen LogP contribution in [0.5, 0.6) is 17.2 Å². The van der Waals surface area contributed by atoms with E-state index in [1.807, 2.05) is 36.5 Å². The number of pyridine rings is 1. The first-order valence-corrected chi connectivity index (χ1v) is 21.0.